The van der Waals surface area contributed by atoms with Crippen LogP contribution >= 0.6 is 0 Å². The van der Waals surface area contributed by atoms with Crippen LogP contribution in [0, 0.1) is 5.92 Å². The predicted octanol–water partition coefficient (Wildman–Crippen LogP) is 3.19. The van der Waals surface area contributed by atoms with E-state index in [2.05, 4.69) is 18.9 Å². The summed E-state index contributed by atoms with van der Waals surface area (Å²) < 4.78 is 1.78. The van der Waals surface area contributed by atoms with Crippen LogP contribution in [0.3, 0.4) is 0 Å². The molecule has 0 spiro atoms. The van der Waals surface area contributed by atoms with Crippen molar-refractivity contribution in [2.45, 2.75) is 26.7 Å². The molecule has 2 aromatic rings. The van der Waals surface area contributed by atoms with Gasteiger partial charge in [-0.1, -0.05) is 32.0 Å². The van der Waals surface area contributed by atoms with Gasteiger partial charge in [0.2, 0.25) is 0 Å². The van der Waals surface area contributed by atoms with Gasteiger partial charge in [-0.05, 0) is 18.4 Å². The van der Waals surface area contributed by atoms with E-state index in [1.54, 1.807) is 4.68 Å². The standard InChI is InChI=1S/C14H18N2O/c1-10(2)8-9-13(17)14-11-6-4-5-7-12(11)16(3)15-14/h4-7,10H,8-9H2,1-3H3. The lowest BCUT2D eigenvalue weighted by Gasteiger charge is -2.01. The van der Waals surface area contributed by atoms with E-state index in [4.69, 9.17) is 0 Å². The van der Waals surface area contributed by atoms with Crippen molar-refractivity contribution in [2.24, 2.45) is 13.0 Å². The molecule has 1 aromatic heterocycles. The Balaban J connectivity index is 2.32. The smallest absolute Gasteiger partial charge is 0.183 e. The minimum Gasteiger partial charge on any atom is -0.292 e. The summed E-state index contributed by atoms with van der Waals surface area (Å²) in [7, 11) is 1.88. The van der Waals surface area contributed by atoms with E-state index in [-0.39, 0.29) is 5.78 Å². The van der Waals surface area contributed by atoms with E-state index >= 15 is 0 Å². The van der Waals surface area contributed by atoms with Crippen LogP contribution in [0.25, 0.3) is 10.9 Å². The van der Waals surface area contributed by atoms with E-state index in [1.807, 2.05) is 31.3 Å². The fraction of sp³-hybridized carbons (Fsp3) is 0.429. The molecular formula is C14H18N2O. The average molecular weight is 230 g/mol. The van der Waals surface area contributed by atoms with Gasteiger partial charge in [0.15, 0.2) is 5.78 Å². The molecule has 0 radical (unpaired) electrons. The maximum Gasteiger partial charge on any atom is 0.183 e. The lowest BCUT2D eigenvalue weighted by Crippen LogP contribution is -2.03. The van der Waals surface area contributed by atoms with Crippen LogP contribution in [0.15, 0.2) is 24.3 Å². The molecule has 0 bridgehead atoms. The Morgan fingerprint density at radius 1 is 1.35 bits per heavy atom. The molecule has 1 aromatic carbocycles. The molecule has 0 amide bonds. The zero-order valence-electron chi connectivity index (χ0n) is 10.6. The van der Waals surface area contributed by atoms with Crippen LogP contribution in [0.2, 0.25) is 0 Å². The average Bonchev–Trinajstić information content (AvgIpc) is 2.65. The van der Waals surface area contributed by atoms with E-state index < -0.39 is 0 Å². The first kappa shape index (κ1) is 11.8. The Hall–Kier alpha value is -1.64. The molecule has 3 nitrogen and oxygen atoms in total. The molecule has 0 aliphatic rings. The van der Waals surface area contributed by atoms with E-state index in [0.29, 0.717) is 18.0 Å². The fourth-order valence-corrected chi connectivity index (χ4v) is 1.96. The lowest BCUT2D eigenvalue weighted by molar-refractivity contribution is 0.0971. The number of Topliss-reactive ketones (excluding diaryl/α,β-unsaturated/α-hetero) is 1. The molecular weight excluding hydrogens is 212 g/mol. The molecule has 1 heterocycles. The van der Waals surface area contributed by atoms with E-state index in [9.17, 15) is 4.79 Å². The zero-order chi connectivity index (χ0) is 12.4. The second-order valence-corrected chi connectivity index (χ2v) is 4.85. The summed E-state index contributed by atoms with van der Waals surface area (Å²) in [6.45, 7) is 4.26. The number of carbonyl (C=O) groups is 1. The number of nitrogens with zero attached hydrogens (tertiary/aromatic N) is 2. The molecule has 17 heavy (non-hydrogen) atoms. The zero-order valence-corrected chi connectivity index (χ0v) is 10.6. The molecule has 3 heteroatoms. The maximum atomic E-state index is 12.1. The highest BCUT2D eigenvalue weighted by Gasteiger charge is 2.15. The van der Waals surface area contributed by atoms with Gasteiger partial charge in [-0.25, -0.2) is 0 Å². The number of benzene rings is 1. The van der Waals surface area contributed by atoms with Gasteiger partial charge in [0.05, 0.1) is 5.52 Å². The number of para-hydroxylation sites is 1. The number of aryl methyl sites for hydroxylation is 1. The van der Waals surface area contributed by atoms with Crippen LogP contribution in [-0.4, -0.2) is 15.6 Å². The van der Waals surface area contributed by atoms with Crippen molar-refractivity contribution in [1.82, 2.24) is 9.78 Å². The number of ketones is 1. The number of hydrogen-bond donors (Lipinski definition) is 0. The summed E-state index contributed by atoms with van der Waals surface area (Å²) >= 11 is 0. The summed E-state index contributed by atoms with van der Waals surface area (Å²) in [6, 6.07) is 7.86. The number of fused-ring (bicyclic) bond motifs is 1. The fourth-order valence-electron chi connectivity index (χ4n) is 1.96. The first-order chi connectivity index (χ1) is 8.09. The molecule has 0 aliphatic carbocycles. The van der Waals surface area contributed by atoms with Crippen LogP contribution < -0.4 is 0 Å². The molecule has 90 valence electrons. The number of rotatable bonds is 4. The van der Waals surface area contributed by atoms with Crippen LogP contribution in [0.1, 0.15) is 37.2 Å². The largest absolute Gasteiger partial charge is 0.292 e. The van der Waals surface area contributed by atoms with Crippen molar-refractivity contribution in [3.8, 4) is 0 Å². The maximum absolute atomic E-state index is 12.1. The summed E-state index contributed by atoms with van der Waals surface area (Å²) in [4.78, 5) is 12.1. The first-order valence-electron chi connectivity index (χ1n) is 6.04. The highest BCUT2D eigenvalue weighted by atomic mass is 16.1. The summed E-state index contributed by atoms with van der Waals surface area (Å²) in [5, 5.41) is 5.30. The molecule has 0 fully saturated rings. The molecule has 0 saturated carbocycles. The molecule has 0 N–H and O–H groups in total. The molecule has 0 atom stereocenters. The van der Waals surface area contributed by atoms with Gasteiger partial charge >= 0.3 is 0 Å². The molecule has 0 unspecified atom stereocenters. The van der Waals surface area contributed by atoms with E-state index in [1.165, 1.54) is 0 Å². The van der Waals surface area contributed by atoms with Crippen LogP contribution in [0.5, 0.6) is 0 Å². The van der Waals surface area contributed by atoms with Gasteiger partial charge in [-0.2, -0.15) is 5.10 Å². The predicted molar refractivity (Wildman–Crippen MR) is 69.1 cm³/mol. The highest BCUT2D eigenvalue weighted by Crippen LogP contribution is 2.19. The minimum absolute atomic E-state index is 0.149. The molecule has 0 aliphatic heterocycles. The van der Waals surface area contributed by atoms with Gasteiger partial charge < -0.3 is 0 Å². The van der Waals surface area contributed by atoms with E-state index in [0.717, 1.165) is 17.3 Å². The third-order valence-electron chi connectivity index (χ3n) is 2.97. The quantitative estimate of drug-likeness (QED) is 0.756. The van der Waals surface area contributed by atoms with Crippen LogP contribution in [0.4, 0.5) is 0 Å². The summed E-state index contributed by atoms with van der Waals surface area (Å²) in [6.07, 6.45) is 1.50. The second kappa shape index (κ2) is 4.70. The third kappa shape index (κ3) is 2.38. The Kier molecular flexibility index (Phi) is 3.27. The van der Waals surface area contributed by atoms with Gasteiger partial charge in [0.25, 0.3) is 0 Å². The van der Waals surface area contributed by atoms with Gasteiger partial charge in [0, 0.05) is 18.9 Å². The Labute approximate surface area is 101 Å². The molecule has 0 saturated heterocycles. The topological polar surface area (TPSA) is 34.9 Å². The Morgan fingerprint density at radius 3 is 2.76 bits per heavy atom. The normalized spacial score (nSPS) is 11.3. The number of aromatic nitrogens is 2. The lowest BCUT2D eigenvalue weighted by atomic mass is 10.0. The van der Waals surface area contributed by atoms with Crippen molar-refractivity contribution in [1.29, 1.82) is 0 Å². The minimum atomic E-state index is 0.149. The molecule has 2 rings (SSSR count). The summed E-state index contributed by atoms with van der Waals surface area (Å²) in [5.74, 6) is 0.699. The number of carbonyl (C=O) groups excluding carboxylic acids is 1. The Morgan fingerprint density at radius 2 is 2.06 bits per heavy atom. The van der Waals surface area contributed by atoms with Gasteiger partial charge in [0.1, 0.15) is 5.69 Å². The van der Waals surface area contributed by atoms with Crippen molar-refractivity contribution < 1.29 is 4.79 Å². The monoisotopic (exact) mass is 230 g/mol. The second-order valence-electron chi connectivity index (χ2n) is 4.85. The van der Waals surface area contributed by atoms with Crippen molar-refractivity contribution in [3.63, 3.8) is 0 Å². The van der Waals surface area contributed by atoms with Gasteiger partial charge in [-0.3, -0.25) is 9.48 Å². The van der Waals surface area contributed by atoms with Crippen molar-refractivity contribution >= 4 is 16.7 Å². The van der Waals surface area contributed by atoms with Crippen molar-refractivity contribution in [2.75, 3.05) is 0 Å². The third-order valence-corrected chi connectivity index (χ3v) is 2.97. The van der Waals surface area contributed by atoms with Gasteiger partial charge in [-0.15, -0.1) is 0 Å². The first-order valence-corrected chi connectivity index (χ1v) is 6.04. The highest BCUT2D eigenvalue weighted by molar-refractivity contribution is 6.05. The summed E-state index contributed by atoms with van der Waals surface area (Å²) in [5.41, 5.74) is 1.63. The van der Waals surface area contributed by atoms with Crippen molar-refractivity contribution in [3.05, 3.63) is 30.0 Å². The number of hydrogen-bond acceptors (Lipinski definition) is 2. The Bertz CT molecular complexity index is 540. The SMILES string of the molecule is CC(C)CCC(=O)c1nn(C)c2ccccc12. The van der Waals surface area contributed by atoms with Crippen LogP contribution in [-0.2, 0) is 7.05 Å².